The first-order valence-corrected chi connectivity index (χ1v) is 8.20. The summed E-state index contributed by atoms with van der Waals surface area (Å²) >= 11 is 0. The number of nitrogens with one attached hydrogen (secondary N) is 1. The highest BCUT2D eigenvalue weighted by Crippen LogP contribution is 2.35. The van der Waals surface area contributed by atoms with Gasteiger partial charge >= 0.3 is 0 Å². The first-order chi connectivity index (χ1) is 9.70. The number of benzene rings is 1. The Labute approximate surface area is 123 Å². The Kier molecular flexibility index (Phi) is 4.13. The van der Waals surface area contributed by atoms with Gasteiger partial charge in [0.05, 0.1) is 0 Å². The lowest BCUT2D eigenvalue weighted by Crippen LogP contribution is -2.42. The molecule has 1 heterocycles. The van der Waals surface area contributed by atoms with Crippen LogP contribution in [0.25, 0.3) is 0 Å². The number of hydrogen-bond acceptors (Lipinski definition) is 2. The van der Waals surface area contributed by atoms with Crippen LogP contribution in [0.15, 0.2) is 24.3 Å². The van der Waals surface area contributed by atoms with Crippen LogP contribution in [0, 0.1) is 11.8 Å². The monoisotopic (exact) mass is 272 g/mol. The molecule has 1 aromatic carbocycles. The molecular formula is C18H28N2. The maximum absolute atomic E-state index is 3.62. The highest BCUT2D eigenvalue weighted by atomic mass is 15.2. The molecule has 4 atom stereocenters. The molecule has 2 aliphatic rings. The number of fused-ring (bicyclic) bond motifs is 1. The van der Waals surface area contributed by atoms with Crippen LogP contribution in [0.2, 0.25) is 0 Å². The van der Waals surface area contributed by atoms with Crippen LogP contribution in [0.3, 0.4) is 0 Å². The van der Waals surface area contributed by atoms with E-state index >= 15 is 0 Å². The Morgan fingerprint density at radius 2 is 1.80 bits per heavy atom. The van der Waals surface area contributed by atoms with Crippen molar-refractivity contribution in [1.29, 1.82) is 0 Å². The Morgan fingerprint density at radius 3 is 2.50 bits per heavy atom. The summed E-state index contributed by atoms with van der Waals surface area (Å²) in [5, 5.41) is 3.62. The molecule has 0 bridgehead atoms. The van der Waals surface area contributed by atoms with E-state index in [-0.39, 0.29) is 0 Å². The molecule has 1 saturated heterocycles. The van der Waals surface area contributed by atoms with Gasteiger partial charge in [-0.05, 0) is 49.3 Å². The van der Waals surface area contributed by atoms with Crippen molar-refractivity contribution in [3.05, 3.63) is 35.4 Å². The Balaban J connectivity index is 1.88. The summed E-state index contributed by atoms with van der Waals surface area (Å²) in [6.07, 6.45) is 3.88. The molecular weight excluding hydrogens is 244 g/mol. The number of rotatable bonds is 2. The third-order valence-corrected chi connectivity index (χ3v) is 5.52. The molecule has 1 fully saturated rings. The lowest BCUT2D eigenvalue weighted by atomic mass is 9.95. The average molecular weight is 272 g/mol. The molecule has 0 spiro atoms. The zero-order chi connectivity index (χ0) is 14.1. The highest BCUT2D eigenvalue weighted by molar-refractivity contribution is 5.32. The normalized spacial score (nSPS) is 34.8. The number of likely N-dealkylation sites (tertiary alicyclic amines) is 1. The van der Waals surface area contributed by atoms with Crippen molar-refractivity contribution in [2.75, 3.05) is 20.1 Å². The summed E-state index contributed by atoms with van der Waals surface area (Å²) in [6.45, 7) is 7.35. The molecule has 110 valence electrons. The van der Waals surface area contributed by atoms with Crippen molar-refractivity contribution in [2.45, 2.75) is 45.2 Å². The predicted molar refractivity (Wildman–Crippen MR) is 84.9 cm³/mol. The van der Waals surface area contributed by atoms with Crippen LogP contribution in [0.5, 0.6) is 0 Å². The summed E-state index contributed by atoms with van der Waals surface area (Å²) in [4.78, 5) is 2.75. The number of likely N-dealkylation sites (N-methyl/N-ethyl adjacent to an activating group) is 1. The fourth-order valence-corrected chi connectivity index (χ4v) is 4.13. The van der Waals surface area contributed by atoms with Gasteiger partial charge in [-0.1, -0.05) is 38.1 Å². The maximum Gasteiger partial charge on any atom is 0.0478 e. The van der Waals surface area contributed by atoms with Crippen LogP contribution in [0.1, 0.15) is 43.9 Å². The van der Waals surface area contributed by atoms with E-state index in [1.807, 2.05) is 0 Å². The lowest BCUT2D eigenvalue weighted by Gasteiger charge is -2.34. The Morgan fingerprint density at radius 1 is 1.10 bits per heavy atom. The van der Waals surface area contributed by atoms with E-state index in [0.29, 0.717) is 12.1 Å². The summed E-state index contributed by atoms with van der Waals surface area (Å²) in [5.41, 5.74) is 3.08. The fourth-order valence-electron chi connectivity index (χ4n) is 4.13. The lowest BCUT2D eigenvalue weighted by molar-refractivity contribution is 0.178. The zero-order valence-electron chi connectivity index (χ0n) is 13.1. The minimum absolute atomic E-state index is 0.492. The zero-order valence-corrected chi connectivity index (χ0v) is 13.1. The molecule has 0 radical (unpaired) electrons. The molecule has 2 nitrogen and oxygen atoms in total. The van der Waals surface area contributed by atoms with Crippen molar-refractivity contribution in [3.63, 3.8) is 0 Å². The predicted octanol–water partition coefficient (Wildman–Crippen LogP) is 3.24. The van der Waals surface area contributed by atoms with Crippen LogP contribution in [-0.4, -0.2) is 31.1 Å². The second-order valence-electron chi connectivity index (χ2n) is 6.83. The topological polar surface area (TPSA) is 15.3 Å². The van der Waals surface area contributed by atoms with Crippen LogP contribution in [0.4, 0.5) is 0 Å². The van der Waals surface area contributed by atoms with E-state index in [2.05, 4.69) is 55.4 Å². The molecule has 3 rings (SSSR count). The SMILES string of the molecule is CNC1c2ccccc2CCCC1N1CC(C)C(C)C1. The highest BCUT2D eigenvalue weighted by Gasteiger charge is 2.36. The summed E-state index contributed by atoms with van der Waals surface area (Å²) in [6, 6.07) is 10.2. The molecule has 0 aromatic heterocycles. The number of hydrogen-bond donors (Lipinski definition) is 1. The second-order valence-corrected chi connectivity index (χ2v) is 6.83. The van der Waals surface area contributed by atoms with Crippen molar-refractivity contribution in [2.24, 2.45) is 11.8 Å². The molecule has 1 N–H and O–H groups in total. The minimum atomic E-state index is 0.492. The van der Waals surface area contributed by atoms with E-state index in [0.717, 1.165) is 11.8 Å². The van der Waals surface area contributed by atoms with Crippen LogP contribution in [-0.2, 0) is 6.42 Å². The van der Waals surface area contributed by atoms with E-state index in [1.165, 1.54) is 37.9 Å². The van der Waals surface area contributed by atoms with Gasteiger partial charge in [-0.3, -0.25) is 4.90 Å². The summed E-state index contributed by atoms with van der Waals surface area (Å²) < 4.78 is 0. The second kappa shape index (κ2) is 5.87. The van der Waals surface area contributed by atoms with Crippen molar-refractivity contribution < 1.29 is 0 Å². The third kappa shape index (κ3) is 2.51. The molecule has 1 aliphatic carbocycles. The van der Waals surface area contributed by atoms with Gasteiger partial charge in [-0.15, -0.1) is 0 Å². The van der Waals surface area contributed by atoms with Gasteiger partial charge in [0.2, 0.25) is 0 Å². The van der Waals surface area contributed by atoms with Crippen LogP contribution >= 0.6 is 0 Å². The maximum atomic E-state index is 3.62. The van der Waals surface area contributed by atoms with Gasteiger partial charge in [-0.2, -0.15) is 0 Å². The molecule has 4 unspecified atom stereocenters. The molecule has 1 aliphatic heterocycles. The van der Waals surface area contributed by atoms with E-state index in [4.69, 9.17) is 0 Å². The van der Waals surface area contributed by atoms with Crippen molar-refractivity contribution in [1.82, 2.24) is 10.2 Å². The Hall–Kier alpha value is -0.860. The minimum Gasteiger partial charge on any atom is -0.312 e. The molecule has 0 amide bonds. The number of aryl methyl sites for hydroxylation is 1. The van der Waals surface area contributed by atoms with Crippen molar-refractivity contribution in [3.8, 4) is 0 Å². The van der Waals surface area contributed by atoms with Crippen molar-refractivity contribution >= 4 is 0 Å². The van der Waals surface area contributed by atoms with Gasteiger partial charge in [0.15, 0.2) is 0 Å². The molecule has 2 heteroatoms. The van der Waals surface area contributed by atoms with Crippen LogP contribution < -0.4 is 5.32 Å². The Bertz CT molecular complexity index is 446. The van der Waals surface area contributed by atoms with Gasteiger partial charge in [-0.25, -0.2) is 0 Å². The van der Waals surface area contributed by atoms with Gasteiger partial charge in [0, 0.05) is 25.2 Å². The molecule has 20 heavy (non-hydrogen) atoms. The van der Waals surface area contributed by atoms with E-state index in [9.17, 15) is 0 Å². The smallest absolute Gasteiger partial charge is 0.0478 e. The number of nitrogens with zero attached hydrogens (tertiary/aromatic N) is 1. The van der Waals surface area contributed by atoms with Gasteiger partial charge in [0.1, 0.15) is 0 Å². The first-order valence-electron chi connectivity index (χ1n) is 8.20. The van der Waals surface area contributed by atoms with Gasteiger partial charge < -0.3 is 5.32 Å². The molecule has 1 aromatic rings. The third-order valence-electron chi connectivity index (χ3n) is 5.52. The summed E-state index contributed by atoms with van der Waals surface area (Å²) in [7, 11) is 2.13. The molecule has 0 saturated carbocycles. The average Bonchev–Trinajstić information content (AvgIpc) is 2.70. The standard InChI is InChI=1S/C18H28N2/c1-13-11-20(12-14(13)2)17-10-6-8-15-7-4-5-9-16(15)18(17)19-3/h4-5,7,9,13-14,17-19H,6,8,10-12H2,1-3H3. The quantitative estimate of drug-likeness (QED) is 0.832. The largest absolute Gasteiger partial charge is 0.312 e. The van der Waals surface area contributed by atoms with Gasteiger partial charge in [0.25, 0.3) is 0 Å². The summed E-state index contributed by atoms with van der Waals surface area (Å²) in [5.74, 6) is 1.68. The fraction of sp³-hybridized carbons (Fsp3) is 0.667. The first kappa shape index (κ1) is 14.1. The van der Waals surface area contributed by atoms with E-state index < -0.39 is 0 Å². The van der Waals surface area contributed by atoms with E-state index in [1.54, 1.807) is 5.56 Å².